The third kappa shape index (κ3) is 74.2. The molecule has 0 fully saturated rings. The smallest absolute Gasteiger partial charge is 0.305 e. The lowest BCUT2D eigenvalue weighted by atomic mass is 9.85. The zero-order valence-corrected chi connectivity index (χ0v) is 73.3. The van der Waals surface area contributed by atoms with Crippen molar-refractivity contribution in [2.24, 2.45) is 5.41 Å². The molecule has 0 unspecified atom stereocenters. The van der Waals surface area contributed by atoms with Gasteiger partial charge >= 0.3 is 11.9 Å². The van der Waals surface area contributed by atoms with Gasteiger partial charge in [0.2, 0.25) is 23.6 Å². The normalized spacial score (nSPS) is 11.8. The number of carbonyl (C=O) groups is 6. The largest absolute Gasteiger partial charge is 0.466 e. The molecule has 0 aromatic heterocycles. The number of nitrogens with one attached hydrogen (secondary N) is 4. The second kappa shape index (κ2) is 81.7. The molecule has 0 atom stereocenters. The Bertz CT molecular complexity index is 1960. The van der Waals surface area contributed by atoms with Crippen molar-refractivity contribution in [3.05, 3.63) is 0 Å². The Hall–Kier alpha value is -3.26. The fourth-order valence-corrected chi connectivity index (χ4v) is 15.1. The number of hydrogen-bond acceptors (Lipinski definition) is 10. The minimum Gasteiger partial charge on any atom is -0.466 e. The molecule has 4 amide bonds. The van der Waals surface area contributed by atoms with Crippen LogP contribution in [0.3, 0.4) is 0 Å². The van der Waals surface area contributed by atoms with Gasteiger partial charge in [-0.25, -0.2) is 0 Å². The molecule has 0 heterocycles. The highest BCUT2D eigenvalue weighted by Crippen LogP contribution is 2.27. The van der Waals surface area contributed by atoms with Crippen LogP contribution in [-0.4, -0.2) is 123 Å². The summed E-state index contributed by atoms with van der Waals surface area (Å²) in [6, 6.07) is 0.576. The van der Waals surface area contributed by atoms with Crippen molar-refractivity contribution in [2.75, 3.05) is 65.6 Å². The van der Waals surface area contributed by atoms with Gasteiger partial charge in [0.05, 0.1) is 13.2 Å². The van der Waals surface area contributed by atoms with E-state index in [1.807, 2.05) is 0 Å². The first-order valence-electron chi connectivity index (χ1n) is 47.6. The molecular weight excluding hydrogens is 1340 g/mol. The van der Waals surface area contributed by atoms with Gasteiger partial charge in [0, 0.05) is 75.8 Å². The van der Waals surface area contributed by atoms with E-state index >= 15 is 0 Å². The lowest BCUT2D eigenvalue weighted by Crippen LogP contribution is -2.43. The van der Waals surface area contributed by atoms with Crippen LogP contribution in [0.1, 0.15) is 486 Å². The molecule has 0 spiro atoms. The number of unbranched alkanes of at least 4 members (excludes halogenated alkanes) is 47. The fourth-order valence-electron chi connectivity index (χ4n) is 15.1. The van der Waals surface area contributed by atoms with Gasteiger partial charge in [-0.2, -0.15) is 0 Å². The summed E-state index contributed by atoms with van der Waals surface area (Å²) in [5.74, 6) is 0.0437. The van der Waals surface area contributed by atoms with E-state index in [-0.39, 0.29) is 54.5 Å². The van der Waals surface area contributed by atoms with Gasteiger partial charge in [-0.1, -0.05) is 364 Å². The highest BCUT2D eigenvalue weighted by molar-refractivity contribution is 5.83. The minimum atomic E-state index is -0.410. The molecule has 0 aromatic rings. The molecule has 4 N–H and O–H groups in total. The SMILES string of the molecule is CCCCCCCCCCCOC(=O)CCCCCN(CCCCCCCC(=O)NC(CCCCCCCC)CCCCCCCC)CCNC(=O)CCC(=O)NCCN(CCCCCCC(C)(C)C(=O)NC(CCCCCCCC)CCCCCCCC)CCCCCC(=O)OCCCCCCCCCCC. The third-order valence-electron chi connectivity index (χ3n) is 22.7. The van der Waals surface area contributed by atoms with Gasteiger partial charge in [0.15, 0.2) is 0 Å². The van der Waals surface area contributed by atoms with Crippen molar-refractivity contribution in [1.29, 1.82) is 0 Å². The molecule has 0 aliphatic rings. The highest BCUT2D eigenvalue weighted by atomic mass is 16.5. The standard InChI is InChI=1S/C94H184N6O8/c1-9-15-21-27-33-35-37-48-64-84-107-91(104)71-57-50-62-80-99(78-60-46-39-44-56-70-90(103)97-86(66-52-40-29-23-17-11-3)67-53-41-30-24-18-12-4)82-76-95-88(101)73-74-89(102)96-77-83-100(81-63-51-58-72-92(105)108-85-65-49-38-36-34-28-22-16-10-2)79-61-47-45-59-75-94(7,8)93(106)98-87(68-54-42-31-25-19-13-5)69-55-43-32-26-20-14-6/h86-87H,9-85H2,1-8H3,(H,95,101)(H,96,102)(H,97,103)(H,98,106). The van der Waals surface area contributed by atoms with Crippen LogP contribution in [0.2, 0.25) is 0 Å². The maximum absolute atomic E-state index is 13.9. The molecule has 0 bridgehead atoms. The zero-order valence-electron chi connectivity index (χ0n) is 73.3. The quantitative estimate of drug-likeness (QED) is 0.0339. The van der Waals surface area contributed by atoms with E-state index < -0.39 is 5.41 Å². The predicted molar refractivity (Wildman–Crippen MR) is 462 cm³/mol. The monoisotopic (exact) mass is 1530 g/mol. The number of amides is 4. The molecular formula is C94H184N6O8. The summed E-state index contributed by atoms with van der Waals surface area (Å²) in [4.78, 5) is 83.8. The lowest BCUT2D eigenvalue weighted by Gasteiger charge is -2.28. The van der Waals surface area contributed by atoms with Gasteiger partial charge in [0.25, 0.3) is 0 Å². The van der Waals surface area contributed by atoms with Crippen molar-refractivity contribution in [2.45, 2.75) is 498 Å². The molecule has 638 valence electrons. The van der Waals surface area contributed by atoms with Crippen molar-refractivity contribution in [3.8, 4) is 0 Å². The molecule has 0 radical (unpaired) electrons. The first-order valence-corrected chi connectivity index (χ1v) is 47.6. The Kier molecular flexibility index (Phi) is 79.3. The summed E-state index contributed by atoms with van der Waals surface area (Å²) in [5.41, 5.74) is -0.410. The molecule has 108 heavy (non-hydrogen) atoms. The zero-order chi connectivity index (χ0) is 79.0. The van der Waals surface area contributed by atoms with E-state index in [1.54, 1.807) is 0 Å². The van der Waals surface area contributed by atoms with Gasteiger partial charge < -0.3 is 40.5 Å². The lowest BCUT2D eigenvalue weighted by molar-refractivity contribution is -0.144. The van der Waals surface area contributed by atoms with Crippen LogP contribution < -0.4 is 21.3 Å². The predicted octanol–water partition coefficient (Wildman–Crippen LogP) is 25.2. The molecule has 0 rings (SSSR count). The van der Waals surface area contributed by atoms with Gasteiger partial charge in [-0.05, 0) is 116 Å². The molecule has 14 heteroatoms. The Balaban J connectivity index is 5.49. The van der Waals surface area contributed by atoms with Crippen molar-refractivity contribution in [1.82, 2.24) is 31.1 Å². The summed E-state index contributed by atoms with van der Waals surface area (Å²) in [6.45, 7) is 25.0. The molecule has 0 saturated heterocycles. The Labute approximate surface area is 670 Å². The third-order valence-corrected chi connectivity index (χ3v) is 22.7. The van der Waals surface area contributed by atoms with Gasteiger partial charge in [-0.15, -0.1) is 0 Å². The number of ether oxygens (including phenoxy) is 2. The molecule has 0 aliphatic carbocycles. The maximum atomic E-state index is 13.9. The van der Waals surface area contributed by atoms with Gasteiger partial charge in [-0.3, -0.25) is 28.8 Å². The Morgan fingerprint density at radius 2 is 0.528 bits per heavy atom. The van der Waals surface area contributed by atoms with Crippen LogP contribution in [0.5, 0.6) is 0 Å². The first kappa shape index (κ1) is 105. The highest BCUT2D eigenvalue weighted by Gasteiger charge is 2.29. The topological polar surface area (TPSA) is 175 Å². The van der Waals surface area contributed by atoms with E-state index in [2.05, 4.69) is 86.5 Å². The molecule has 0 aromatic carbocycles. The van der Waals surface area contributed by atoms with Crippen LogP contribution >= 0.6 is 0 Å². The Morgan fingerprint density at radius 3 is 0.861 bits per heavy atom. The number of esters is 2. The Morgan fingerprint density at radius 1 is 0.269 bits per heavy atom. The fraction of sp³-hybridized carbons (Fsp3) is 0.936. The number of carbonyl (C=O) groups excluding carboxylic acids is 6. The number of rotatable bonds is 87. The average molecular weight is 1530 g/mol. The van der Waals surface area contributed by atoms with Crippen LogP contribution in [0.15, 0.2) is 0 Å². The summed E-state index contributed by atoms with van der Waals surface area (Å²) >= 11 is 0. The van der Waals surface area contributed by atoms with Crippen LogP contribution in [0.4, 0.5) is 0 Å². The number of nitrogens with zero attached hydrogens (tertiary/aromatic N) is 2. The average Bonchev–Trinajstić information content (AvgIpc) is 0.873. The first-order chi connectivity index (χ1) is 52.7. The van der Waals surface area contributed by atoms with Gasteiger partial charge in [0.1, 0.15) is 0 Å². The summed E-state index contributed by atoms with van der Waals surface area (Å²) < 4.78 is 11.2. The van der Waals surface area contributed by atoms with E-state index in [1.165, 1.54) is 244 Å². The summed E-state index contributed by atoms with van der Waals surface area (Å²) in [5, 5.41) is 13.3. The second-order valence-corrected chi connectivity index (χ2v) is 33.8. The van der Waals surface area contributed by atoms with Crippen LogP contribution in [0, 0.1) is 5.41 Å². The van der Waals surface area contributed by atoms with E-state index in [0.29, 0.717) is 51.6 Å². The summed E-state index contributed by atoms with van der Waals surface area (Å²) in [6.07, 6.45) is 74.9. The van der Waals surface area contributed by atoms with E-state index in [9.17, 15) is 28.8 Å². The molecule has 0 saturated carbocycles. The molecule has 14 nitrogen and oxygen atoms in total. The van der Waals surface area contributed by atoms with E-state index in [4.69, 9.17) is 9.47 Å². The van der Waals surface area contributed by atoms with Crippen LogP contribution in [0.25, 0.3) is 0 Å². The summed E-state index contributed by atoms with van der Waals surface area (Å²) in [7, 11) is 0. The maximum Gasteiger partial charge on any atom is 0.305 e. The van der Waals surface area contributed by atoms with Crippen molar-refractivity contribution in [3.63, 3.8) is 0 Å². The number of hydrogen-bond donors (Lipinski definition) is 4. The van der Waals surface area contributed by atoms with Crippen molar-refractivity contribution >= 4 is 35.6 Å². The second-order valence-electron chi connectivity index (χ2n) is 33.8. The van der Waals surface area contributed by atoms with Crippen LogP contribution in [-0.2, 0) is 38.2 Å². The van der Waals surface area contributed by atoms with Crippen molar-refractivity contribution < 1.29 is 38.2 Å². The minimum absolute atomic E-state index is 0.0853. The van der Waals surface area contributed by atoms with E-state index in [0.717, 1.165) is 193 Å². The molecule has 0 aliphatic heterocycles.